The maximum absolute atomic E-state index is 5.83. The summed E-state index contributed by atoms with van der Waals surface area (Å²) in [5, 5.41) is 4.59. The molecule has 0 saturated carbocycles. The maximum atomic E-state index is 5.83. The van der Waals surface area contributed by atoms with Gasteiger partial charge in [-0.25, -0.2) is 4.68 Å². The molecule has 0 amide bonds. The summed E-state index contributed by atoms with van der Waals surface area (Å²) in [6, 6.07) is 8.55. The van der Waals surface area contributed by atoms with Crippen LogP contribution in [0.3, 0.4) is 0 Å². The zero-order valence-corrected chi connectivity index (χ0v) is 13.2. The highest BCUT2D eigenvalue weighted by molar-refractivity contribution is 9.10. The average molecular weight is 322 g/mol. The van der Waals surface area contributed by atoms with E-state index in [4.69, 9.17) is 5.73 Å². The molecule has 0 spiro atoms. The van der Waals surface area contributed by atoms with E-state index in [0.717, 1.165) is 22.3 Å². The fourth-order valence-electron chi connectivity index (χ4n) is 2.02. The van der Waals surface area contributed by atoms with Crippen molar-refractivity contribution in [1.82, 2.24) is 9.78 Å². The molecule has 1 heterocycles. The summed E-state index contributed by atoms with van der Waals surface area (Å²) in [5.74, 6) is 0.442. The third kappa shape index (κ3) is 3.45. The van der Waals surface area contributed by atoms with E-state index in [1.807, 2.05) is 17.8 Å². The Hall–Kier alpha value is -1.13. The minimum Gasteiger partial charge on any atom is -0.328 e. The topological polar surface area (TPSA) is 43.8 Å². The second kappa shape index (κ2) is 5.88. The van der Waals surface area contributed by atoms with Crippen LogP contribution in [0.2, 0.25) is 0 Å². The molecule has 0 saturated heterocycles. The van der Waals surface area contributed by atoms with Crippen LogP contribution in [0.1, 0.15) is 37.9 Å². The quantitative estimate of drug-likeness (QED) is 0.934. The highest BCUT2D eigenvalue weighted by Gasteiger charge is 2.08. The van der Waals surface area contributed by atoms with E-state index in [1.54, 1.807) is 0 Å². The van der Waals surface area contributed by atoms with Crippen molar-refractivity contribution < 1.29 is 0 Å². The molecule has 0 radical (unpaired) electrons. The van der Waals surface area contributed by atoms with Crippen molar-refractivity contribution in [3.8, 4) is 5.69 Å². The first-order valence-electron chi connectivity index (χ1n) is 6.57. The van der Waals surface area contributed by atoms with Gasteiger partial charge in [0.25, 0.3) is 0 Å². The summed E-state index contributed by atoms with van der Waals surface area (Å²) in [6.07, 6.45) is 2.88. The molecule has 1 aromatic carbocycles. The third-order valence-electron chi connectivity index (χ3n) is 3.02. The fraction of sp³-hybridized carbons (Fsp3) is 0.400. The first-order chi connectivity index (χ1) is 8.97. The number of nitrogens with two attached hydrogens (primary N) is 1. The van der Waals surface area contributed by atoms with Gasteiger partial charge < -0.3 is 5.73 Å². The standard InChI is InChI=1S/C15H20BrN3/c1-10(2)14-6-7-19(18-14)15-5-4-12(8-11(3)17)9-13(15)16/h4-7,9-11H,8,17H2,1-3H3. The molecule has 2 rings (SSSR count). The van der Waals surface area contributed by atoms with Gasteiger partial charge in [-0.15, -0.1) is 0 Å². The molecule has 0 fully saturated rings. The number of halogens is 1. The van der Waals surface area contributed by atoms with Crippen molar-refractivity contribution in [2.45, 2.75) is 39.2 Å². The lowest BCUT2D eigenvalue weighted by Crippen LogP contribution is -2.17. The molecular formula is C15H20BrN3. The van der Waals surface area contributed by atoms with Gasteiger partial charge in [0.05, 0.1) is 11.4 Å². The Morgan fingerprint density at radius 1 is 1.26 bits per heavy atom. The van der Waals surface area contributed by atoms with Gasteiger partial charge in [-0.3, -0.25) is 0 Å². The molecule has 2 N–H and O–H groups in total. The van der Waals surface area contributed by atoms with Crippen molar-refractivity contribution in [2.24, 2.45) is 5.73 Å². The largest absolute Gasteiger partial charge is 0.328 e. The first-order valence-corrected chi connectivity index (χ1v) is 7.36. The summed E-state index contributed by atoms with van der Waals surface area (Å²) in [6.45, 7) is 6.31. The Bertz CT molecular complexity index is 558. The van der Waals surface area contributed by atoms with E-state index in [1.165, 1.54) is 5.56 Å². The molecule has 1 unspecified atom stereocenters. The van der Waals surface area contributed by atoms with Crippen molar-refractivity contribution in [1.29, 1.82) is 0 Å². The molecule has 1 aromatic heterocycles. The van der Waals surface area contributed by atoms with Crippen LogP contribution >= 0.6 is 15.9 Å². The smallest absolute Gasteiger partial charge is 0.0787 e. The van der Waals surface area contributed by atoms with Crippen LogP contribution in [0.5, 0.6) is 0 Å². The number of aromatic nitrogens is 2. The van der Waals surface area contributed by atoms with Crippen molar-refractivity contribution in [3.63, 3.8) is 0 Å². The average Bonchev–Trinajstić information content (AvgIpc) is 2.77. The summed E-state index contributed by atoms with van der Waals surface area (Å²) in [7, 11) is 0. The Labute approximate surface area is 122 Å². The van der Waals surface area contributed by atoms with Crippen LogP contribution in [0.25, 0.3) is 5.69 Å². The molecule has 0 bridgehead atoms. The summed E-state index contributed by atoms with van der Waals surface area (Å²) in [4.78, 5) is 0. The lowest BCUT2D eigenvalue weighted by atomic mass is 10.1. The molecule has 4 heteroatoms. The summed E-state index contributed by atoms with van der Waals surface area (Å²) in [5.41, 5.74) is 9.22. The molecule has 0 aliphatic carbocycles. The first kappa shape index (κ1) is 14.3. The van der Waals surface area contributed by atoms with Gasteiger partial charge in [0.15, 0.2) is 0 Å². The van der Waals surface area contributed by atoms with Gasteiger partial charge in [0, 0.05) is 16.7 Å². The second-order valence-electron chi connectivity index (χ2n) is 5.31. The number of nitrogens with zero attached hydrogens (tertiary/aromatic N) is 2. The van der Waals surface area contributed by atoms with Gasteiger partial charge in [-0.2, -0.15) is 5.10 Å². The van der Waals surface area contributed by atoms with Gasteiger partial charge >= 0.3 is 0 Å². The summed E-state index contributed by atoms with van der Waals surface area (Å²) >= 11 is 3.62. The van der Waals surface area contributed by atoms with Gasteiger partial charge in [0.2, 0.25) is 0 Å². The molecule has 102 valence electrons. The van der Waals surface area contributed by atoms with Gasteiger partial charge in [-0.1, -0.05) is 19.9 Å². The molecule has 2 aromatic rings. The predicted octanol–water partition coefficient (Wildman–Crippen LogP) is 3.65. The van der Waals surface area contributed by atoms with Gasteiger partial charge in [0.1, 0.15) is 0 Å². The van der Waals surface area contributed by atoms with E-state index in [2.05, 4.69) is 59.1 Å². The Morgan fingerprint density at radius 2 is 2.00 bits per heavy atom. The van der Waals surface area contributed by atoms with E-state index < -0.39 is 0 Å². The number of hydrogen-bond acceptors (Lipinski definition) is 2. The second-order valence-corrected chi connectivity index (χ2v) is 6.16. The molecule has 0 aliphatic heterocycles. The molecular weight excluding hydrogens is 302 g/mol. The van der Waals surface area contributed by atoms with Crippen molar-refractivity contribution >= 4 is 15.9 Å². The SMILES string of the molecule is CC(N)Cc1ccc(-n2ccc(C(C)C)n2)c(Br)c1. The zero-order valence-electron chi connectivity index (χ0n) is 11.6. The number of benzene rings is 1. The highest BCUT2D eigenvalue weighted by atomic mass is 79.9. The van der Waals surface area contributed by atoms with Crippen molar-refractivity contribution in [3.05, 3.63) is 46.2 Å². The van der Waals surface area contributed by atoms with Crippen molar-refractivity contribution in [2.75, 3.05) is 0 Å². The maximum Gasteiger partial charge on any atom is 0.0787 e. The Morgan fingerprint density at radius 3 is 2.53 bits per heavy atom. The van der Waals surface area contributed by atoms with Crippen LogP contribution < -0.4 is 5.73 Å². The molecule has 0 aliphatic rings. The van der Waals surface area contributed by atoms with Gasteiger partial charge in [-0.05, 0) is 59.0 Å². The van der Waals surface area contributed by atoms with Crippen LogP contribution in [0.4, 0.5) is 0 Å². The summed E-state index contributed by atoms with van der Waals surface area (Å²) < 4.78 is 2.96. The normalized spacial score (nSPS) is 12.9. The number of rotatable bonds is 4. The van der Waals surface area contributed by atoms with Crippen LogP contribution in [-0.4, -0.2) is 15.8 Å². The third-order valence-corrected chi connectivity index (χ3v) is 3.65. The predicted molar refractivity (Wildman–Crippen MR) is 82.7 cm³/mol. The lowest BCUT2D eigenvalue weighted by Gasteiger charge is -2.09. The van der Waals surface area contributed by atoms with Crippen LogP contribution in [0.15, 0.2) is 34.9 Å². The molecule has 19 heavy (non-hydrogen) atoms. The van der Waals surface area contributed by atoms with E-state index in [-0.39, 0.29) is 6.04 Å². The Kier molecular flexibility index (Phi) is 4.42. The highest BCUT2D eigenvalue weighted by Crippen LogP contribution is 2.23. The zero-order chi connectivity index (χ0) is 14.0. The fourth-order valence-corrected chi connectivity index (χ4v) is 2.62. The van der Waals surface area contributed by atoms with E-state index in [9.17, 15) is 0 Å². The monoisotopic (exact) mass is 321 g/mol. The Balaban J connectivity index is 2.29. The minimum atomic E-state index is 0.176. The minimum absolute atomic E-state index is 0.176. The van der Waals surface area contributed by atoms with Crippen LogP contribution in [-0.2, 0) is 6.42 Å². The molecule has 3 nitrogen and oxygen atoms in total. The molecule has 1 atom stereocenters. The number of hydrogen-bond donors (Lipinski definition) is 1. The van der Waals surface area contributed by atoms with E-state index >= 15 is 0 Å². The van der Waals surface area contributed by atoms with Crippen LogP contribution in [0, 0.1) is 0 Å². The van der Waals surface area contributed by atoms with E-state index in [0.29, 0.717) is 5.92 Å². The lowest BCUT2D eigenvalue weighted by molar-refractivity contribution is 0.736.